The van der Waals surface area contributed by atoms with Crippen molar-refractivity contribution < 1.29 is 32.3 Å². The predicted octanol–water partition coefficient (Wildman–Crippen LogP) is 3.17. The molecular weight excluding hydrogens is 603 g/mol. The average molecular weight is 632 g/mol. The van der Waals surface area contributed by atoms with E-state index in [0.29, 0.717) is 38.0 Å². The molecule has 1 unspecified atom stereocenters. The van der Waals surface area contributed by atoms with Crippen molar-refractivity contribution in [2.75, 3.05) is 51.7 Å². The van der Waals surface area contributed by atoms with Crippen LogP contribution < -0.4 is 15.4 Å². The topological polar surface area (TPSA) is 122 Å². The van der Waals surface area contributed by atoms with Gasteiger partial charge in [-0.1, -0.05) is 11.6 Å². The maximum Gasteiger partial charge on any atom is 0.434 e. The minimum atomic E-state index is -4.77. The normalized spacial score (nSPS) is 21.2. The Bertz CT molecular complexity index is 1630. The van der Waals surface area contributed by atoms with E-state index >= 15 is 0 Å². The van der Waals surface area contributed by atoms with Crippen LogP contribution in [0.4, 0.5) is 18.9 Å². The van der Waals surface area contributed by atoms with Gasteiger partial charge in [0.25, 0.3) is 11.8 Å². The van der Waals surface area contributed by atoms with Crippen molar-refractivity contribution in [3.63, 3.8) is 0 Å². The molecule has 6 rings (SSSR count). The number of alkyl halides is 3. The molecule has 3 amide bonds. The number of methoxy groups -OCH3 is 1. The Morgan fingerprint density at radius 3 is 2.36 bits per heavy atom. The van der Waals surface area contributed by atoms with Gasteiger partial charge in [0, 0.05) is 56.5 Å². The Kier molecular flexibility index (Phi) is 7.74. The number of anilines is 1. The van der Waals surface area contributed by atoms with Crippen molar-refractivity contribution in [3.8, 4) is 17.1 Å². The number of hydrogen-bond acceptors (Lipinski definition) is 7. The highest BCUT2D eigenvalue weighted by atomic mass is 35.5. The molecule has 2 N–H and O–H groups in total. The molecule has 3 atom stereocenters. The van der Waals surface area contributed by atoms with Crippen LogP contribution in [0.5, 0.6) is 5.88 Å². The molecule has 232 valence electrons. The summed E-state index contributed by atoms with van der Waals surface area (Å²) in [4.78, 5) is 50.2. The maximum atomic E-state index is 13.7. The van der Waals surface area contributed by atoms with Gasteiger partial charge in [0.15, 0.2) is 11.5 Å². The Morgan fingerprint density at radius 2 is 1.73 bits per heavy atom. The minimum absolute atomic E-state index is 0.0235. The molecule has 1 aromatic carbocycles. The number of nitrogens with one attached hydrogen (secondary N) is 2. The van der Waals surface area contributed by atoms with Gasteiger partial charge in [-0.15, -0.1) is 0 Å². The molecule has 0 spiro atoms. The van der Waals surface area contributed by atoms with E-state index in [0.717, 1.165) is 19.3 Å². The second kappa shape index (κ2) is 11.4. The first kappa shape index (κ1) is 29.9. The number of fused-ring (bicyclic) bond motifs is 1. The van der Waals surface area contributed by atoms with Crippen LogP contribution in [0.2, 0.25) is 5.02 Å². The molecular formula is C29H29ClF3N7O4. The lowest BCUT2D eigenvalue weighted by Crippen LogP contribution is -2.51. The quantitative estimate of drug-likeness (QED) is 0.429. The second-order valence-corrected chi connectivity index (χ2v) is 11.5. The Morgan fingerprint density at radius 1 is 1.05 bits per heavy atom. The number of halogens is 4. The summed E-state index contributed by atoms with van der Waals surface area (Å²) in [7, 11) is 2.63. The fourth-order valence-electron chi connectivity index (χ4n) is 6.10. The molecule has 4 heterocycles. The first-order chi connectivity index (χ1) is 21.0. The first-order valence-electron chi connectivity index (χ1n) is 14.0. The average Bonchev–Trinajstić information content (AvgIpc) is 3.27. The molecule has 44 heavy (non-hydrogen) atoms. The van der Waals surface area contributed by atoms with Gasteiger partial charge in [-0.05, 0) is 49.2 Å². The monoisotopic (exact) mass is 631 g/mol. The molecule has 3 fully saturated rings. The summed E-state index contributed by atoms with van der Waals surface area (Å²) >= 11 is 6.44. The fraction of sp³-hybridized carbons (Fsp3) is 0.414. The number of piperazine rings is 1. The van der Waals surface area contributed by atoms with Crippen molar-refractivity contribution in [2.24, 2.45) is 24.8 Å². The number of pyridine rings is 1. The van der Waals surface area contributed by atoms with Gasteiger partial charge >= 0.3 is 6.18 Å². The third kappa shape index (κ3) is 5.47. The summed E-state index contributed by atoms with van der Waals surface area (Å²) in [6.07, 6.45) is -3.62. The number of benzene rings is 1. The van der Waals surface area contributed by atoms with E-state index in [4.69, 9.17) is 16.3 Å². The number of hydrogen-bond donors (Lipinski definition) is 2. The summed E-state index contributed by atoms with van der Waals surface area (Å²) in [5, 5.41) is 6.04. The largest absolute Gasteiger partial charge is 0.481 e. The van der Waals surface area contributed by atoms with Crippen LogP contribution in [0.1, 0.15) is 26.7 Å². The molecule has 1 saturated carbocycles. The summed E-state index contributed by atoms with van der Waals surface area (Å²) in [6.45, 7) is 3.48. The number of piperidine rings is 1. The molecule has 0 radical (unpaired) electrons. The highest BCUT2D eigenvalue weighted by Crippen LogP contribution is 2.49. The lowest BCUT2D eigenvalue weighted by Gasteiger charge is -2.35. The maximum absolute atomic E-state index is 13.7. The molecule has 2 aliphatic heterocycles. The molecule has 11 nitrogen and oxygen atoms in total. The van der Waals surface area contributed by atoms with E-state index < -0.39 is 17.8 Å². The molecule has 0 bridgehead atoms. The second-order valence-electron chi connectivity index (χ2n) is 11.1. The predicted molar refractivity (Wildman–Crippen MR) is 153 cm³/mol. The van der Waals surface area contributed by atoms with Gasteiger partial charge < -0.3 is 29.7 Å². The highest BCUT2D eigenvalue weighted by molar-refractivity contribution is 6.34. The van der Waals surface area contributed by atoms with Gasteiger partial charge in [-0.3, -0.25) is 14.4 Å². The van der Waals surface area contributed by atoms with Crippen LogP contribution in [-0.4, -0.2) is 88.4 Å². The van der Waals surface area contributed by atoms with E-state index in [1.807, 2.05) is 4.90 Å². The number of imidazole rings is 1. The smallest absolute Gasteiger partial charge is 0.434 e. The summed E-state index contributed by atoms with van der Waals surface area (Å²) in [6, 6.07) is 6.92. The fourth-order valence-corrected chi connectivity index (χ4v) is 6.36. The van der Waals surface area contributed by atoms with Gasteiger partial charge in [0.1, 0.15) is 0 Å². The van der Waals surface area contributed by atoms with Crippen LogP contribution in [0.15, 0.2) is 36.5 Å². The summed E-state index contributed by atoms with van der Waals surface area (Å²) < 4.78 is 47.2. The summed E-state index contributed by atoms with van der Waals surface area (Å²) in [5.74, 6) is -0.183. The van der Waals surface area contributed by atoms with Crippen molar-refractivity contribution in [1.29, 1.82) is 0 Å². The lowest BCUT2D eigenvalue weighted by atomic mass is 10.1. The number of aromatic nitrogens is 3. The zero-order valence-electron chi connectivity index (χ0n) is 23.8. The molecule has 15 heteroatoms. The van der Waals surface area contributed by atoms with Gasteiger partial charge in [-0.25, -0.2) is 9.97 Å². The Labute approximate surface area is 255 Å². The number of ether oxygens (including phenoxy) is 1. The summed E-state index contributed by atoms with van der Waals surface area (Å²) in [5.41, 5.74) is -0.901. The van der Waals surface area contributed by atoms with E-state index in [-0.39, 0.29) is 57.0 Å². The van der Waals surface area contributed by atoms with Gasteiger partial charge in [-0.2, -0.15) is 13.2 Å². The van der Waals surface area contributed by atoms with Crippen LogP contribution in [0.3, 0.4) is 0 Å². The van der Waals surface area contributed by atoms with Gasteiger partial charge in [0.2, 0.25) is 11.8 Å². The Hall–Kier alpha value is -4.17. The third-order valence-corrected chi connectivity index (χ3v) is 8.84. The number of carbonyl (C=O) groups excluding carboxylic acids is 3. The van der Waals surface area contributed by atoms with Crippen molar-refractivity contribution in [3.05, 3.63) is 58.6 Å². The van der Waals surface area contributed by atoms with Crippen LogP contribution in [0.25, 0.3) is 11.3 Å². The Balaban J connectivity index is 1.10. The number of amides is 3. The van der Waals surface area contributed by atoms with Crippen LogP contribution in [0, 0.1) is 17.8 Å². The van der Waals surface area contributed by atoms with Crippen molar-refractivity contribution in [2.45, 2.75) is 6.18 Å². The third-order valence-electron chi connectivity index (χ3n) is 8.53. The van der Waals surface area contributed by atoms with Crippen molar-refractivity contribution >= 4 is 35.0 Å². The number of carbonyl (C=O) groups is 3. The zero-order valence-corrected chi connectivity index (χ0v) is 24.6. The van der Waals surface area contributed by atoms with E-state index in [9.17, 15) is 27.6 Å². The van der Waals surface area contributed by atoms with Gasteiger partial charge in [0.05, 0.1) is 29.6 Å². The molecule has 3 aromatic rings. The van der Waals surface area contributed by atoms with Crippen LogP contribution in [-0.2, 0) is 18.0 Å². The van der Waals surface area contributed by atoms with E-state index in [1.54, 1.807) is 4.90 Å². The van der Waals surface area contributed by atoms with Crippen molar-refractivity contribution in [1.82, 2.24) is 29.7 Å². The standard InChI is InChI=1S/C29H29ClF3N7O4/c1-38-21(17-5-6-22(44-2)37-24(17)29(31,32)33)14-35-25(38)26(41)36-15-3-4-16(20(30)11-15)27(42)39-7-9-40(10-8-39)28(43)23-18-12-34-13-19(18)23/h3-6,11,14,18-19,23,34H,7-10,12-13H2,1-2H3,(H,36,41)/t18-,19+,23?. The zero-order chi connectivity index (χ0) is 31.3. The minimum Gasteiger partial charge on any atom is -0.481 e. The lowest BCUT2D eigenvalue weighted by molar-refractivity contribution is -0.141. The highest BCUT2D eigenvalue weighted by Gasteiger charge is 2.58. The molecule has 2 aromatic heterocycles. The van der Waals surface area contributed by atoms with E-state index in [2.05, 4.69) is 20.6 Å². The molecule has 1 aliphatic carbocycles. The SMILES string of the molecule is COc1ccc(-c2cnc(C(=O)Nc3ccc(C(=O)N4CCN(C(=O)C5[C@H]6CNC[C@@H]56)CC4)c(Cl)c3)n2C)c(C(F)(F)F)n1. The molecule has 3 aliphatic rings. The molecule has 2 saturated heterocycles. The number of nitrogens with zero attached hydrogens (tertiary/aromatic N) is 5. The van der Waals surface area contributed by atoms with E-state index in [1.165, 1.54) is 49.1 Å². The first-order valence-corrected chi connectivity index (χ1v) is 14.4. The van der Waals surface area contributed by atoms with Crippen LogP contribution >= 0.6 is 11.6 Å². The number of rotatable bonds is 6.